The van der Waals surface area contributed by atoms with Crippen molar-refractivity contribution in [3.63, 3.8) is 0 Å². The zero-order valence-corrected chi connectivity index (χ0v) is 7.84. The first-order chi connectivity index (χ1) is 6.38. The predicted octanol–water partition coefficient (Wildman–Crippen LogP) is 3.00. The van der Waals surface area contributed by atoms with E-state index in [1.54, 1.807) is 17.5 Å². The van der Waals surface area contributed by atoms with Crippen LogP contribution in [0.15, 0.2) is 42.4 Å². The quantitative estimate of drug-likeness (QED) is 0.702. The highest BCUT2D eigenvalue weighted by Crippen LogP contribution is 2.22. The van der Waals surface area contributed by atoms with Crippen LogP contribution in [0, 0.1) is 6.07 Å². The smallest absolute Gasteiger partial charge is 0.123 e. The molecule has 1 aromatic carbocycles. The summed E-state index contributed by atoms with van der Waals surface area (Å²) in [7, 11) is 0. The van der Waals surface area contributed by atoms with E-state index in [9.17, 15) is 0 Å². The molecule has 2 aromatic rings. The highest BCUT2D eigenvalue weighted by molar-refractivity contribution is 7.10. The summed E-state index contributed by atoms with van der Waals surface area (Å²) in [6.45, 7) is 4.00. The maximum atomic E-state index is 4.20. The predicted molar refractivity (Wildman–Crippen MR) is 55.5 cm³/mol. The highest BCUT2D eigenvalue weighted by Gasteiger charge is 2.02. The summed E-state index contributed by atoms with van der Waals surface area (Å²) < 4.78 is 0. The second kappa shape index (κ2) is 3.54. The van der Waals surface area contributed by atoms with Crippen LogP contribution in [0.1, 0.15) is 10.6 Å². The topological polar surface area (TPSA) is 12.9 Å². The minimum atomic E-state index is 0.976. The van der Waals surface area contributed by atoms with Gasteiger partial charge in [0.1, 0.15) is 5.01 Å². The molecule has 2 heteroatoms. The van der Waals surface area contributed by atoms with Gasteiger partial charge in [-0.3, -0.25) is 0 Å². The number of nitrogens with zero attached hydrogens (tertiary/aromatic N) is 1. The second-order valence-electron chi connectivity index (χ2n) is 2.60. The zero-order valence-electron chi connectivity index (χ0n) is 7.03. The molecule has 0 amide bonds. The van der Waals surface area contributed by atoms with Crippen LogP contribution in [-0.4, -0.2) is 4.98 Å². The molecule has 2 rings (SSSR count). The lowest BCUT2D eigenvalue weighted by molar-refractivity contribution is 1.37. The molecule has 1 radical (unpaired) electrons. The van der Waals surface area contributed by atoms with Gasteiger partial charge in [-0.1, -0.05) is 30.8 Å². The minimum Gasteiger partial charge on any atom is -0.245 e. The highest BCUT2D eigenvalue weighted by atomic mass is 32.1. The van der Waals surface area contributed by atoms with Gasteiger partial charge in [-0.05, 0) is 11.6 Å². The van der Waals surface area contributed by atoms with Crippen LogP contribution < -0.4 is 0 Å². The lowest BCUT2D eigenvalue weighted by atomic mass is 10.1. The molecular weight excluding hydrogens is 178 g/mol. The van der Waals surface area contributed by atoms with Gasteiger partial charge in [-0.15, -0.1) is 11.3 Å². The Bertz CT molecular complexity index is 389. The summed E-state index contributed by atoms with van der Waals surface area (Å²) in [6.07, 6.45) is 1.79. The Morgan fingerprint density at radius 3 is 2.77 bits per heavy atom. The summed E-state index contributed by atoms with van der Waals surface area (Å²) in [5.41, 5.74) is 2.08. The Balaban J connectivity index is 2.34. The molecule has 0 saturated heterocycles. The summed E-state index contributed by atoms with van der Waals surface area (Å²) >= 11 is 1.61. The van der Waals surface area contributed by atoms with Crippen LogP contribution in [0.4, 0.5) is 0 Å². The number of aromatic nitrogens is 1. The third-order valence-electron chi connectivity index (χ3n) is 1.76. The first kappa shape index (κ1) is 8.20. The molecule has 0 spiro atoms. The van der Waals surface area contributed by atoms with Crippen LogP contribution in [0.5, 0.6) is 0 Å². The van der Waals surface area contributed by atoms with E-state index in [0.29, 0.717) is 0 Å². The molecule has 1 heterocycles. The van der Waals surface area contributed by atoms with Gasteiger partial charge in [0.15, 0.2) is 0 Å². The van der Waals surface area contributed by atoms with E-state index in [2.05, 4.69) is 17.6 Å². The van der Waals surface area contributed by atoms with Gasteiger partial charge in [0, 0.05) is 17.2 Å². The van der Waals surface area contributed by atoms with Crippen molar-refractivity contribution in [3.05, 3.63) is 59.1 Å². The van der Waals surface area contributed by atoms with Crippen molar-refractivity contribution in [2.24, 2.45) is 0 Å². The van der Waals surface area contributed by atoms with E-state index >= 15 is 0 Å². The monoisotopic (exact) mass is 186 g/mol. The lowest BCUT2D eigenvalue weighted by Gasteiger charge is -2.00. The Morgan fingerprint density at radius 2 is 2.15 bits per heavy atom. The first-order valence-electron chi connectivity index (χ1n) is 3.93. The molecule has 0 atom stereocenters. The average molecular weight is 186 g/mol. The largest absolute Gasteiger partial charge is 0.245 e. The third-order valence-corrected chi connectivity index (χ3v) is 2.59. The molecule has 0 aliphatic rings. The van der Waals surface area contributed by atoms with Crippen molar-refractivity contribution < 1.29 is 0 Å². The van der Waals surface area contributed by atoms with Gasteiger partial charge in [0.05, 0.1) is 0 Å². The molecule has 0 aliphatic carbocycles. The fourth-order valence-corrected chi connectivity index (χ4v) is 1.72. The third kappa shape index (κ3) is 1.68. The Morgan fingerprint density at radius 1 is 1.38 bits per heavy atom. The SMILES string of the molecule is C=C(c1cc[c]cc1)c1nccs1. The standard InChI is InChI=1S/C11H8NS/c1-9(11-12-7-8-13-11)10-5-3-2-4-6-10/h3-8H,1H2. The number of hydrogen-bond acceptors (Lipinski definition) is 2. The van der Waals surface area contributed by atoms with Crippen molar-refractivity contribution in [1.82, 2.24) is 4.98 Å². The molecule has 0 aliphatic heterocycles. The van der Waals surface area contributed by atoms with E-state index in [1.807, 2.05) is 29.6 Å². The van der Waals surface area contributed by atoms with Gasteiger partial charge in [0.25, 0.3) is 0 Å². The number of thiazole rings is 1. The number of benzene rings is 1. The van der Waals surface area contributed by atoms with E-state index in [1.165, 1.54) is 0 Å². The molecule has 13 heavy (non-hydrogen) atoms. The second-order valence-corrected chi connectivity index (χ2v) is 3.50. The Labute approximate surface area is 81.4 Å². The molecule has 0 unspecified atom stereocenters. The molecule has 0 saturated carbocycles. The van der Waals surface area contributed by atoms with E-state index in [4.69, 9.17) is 0 Å². The van der Waals surface area contributed by atoms with Crippen LogP contribution >= 0.6 is 11.3 Å². The maximum Gasteiger partial charge on any atom is 0.123 e. The van der Waals surface area contributed by atoms with E-state index < -0.39 is 0 Å². The van der Waals surface area contributed by atoms with Crippen molar-refractivity contribution in [1.29, 1.82) is 0 Å². The molecule has 1 aromatic heterocycles. The first-order valence-corrected chi connectivity index (χ1v) is 4.81. The Kier molecular flexibility index (Phi) is 2.23. The molecule has 63 valence electrons. The number of rotatable bonds is 2. The van der Waals surface area contributed by atoms with Crippen LogP contribution in [0.2, 0.25) is 0 Å². The van der Waals surface area contributed by atoms with Gasteiger partial charge < -0.3 is 0 Å². The summed E-state index contributed by atoms with van der Waals surface area (Å²) in [4.78, 5) is 4.20. The Hall–Kier alpha value is -1.41. The van der Waals surface area contributed by atoms with E-state index in [-0.39, 0.29) is 0 Å². The van der Waals surface area contributed by atoms with Gasteiger partial charge in [0.2, 0.25) is 0 Å². The molecule has 1 nitrogen and oxygen atoms in total. The van der Waals surface area contributed by atoms with Gasteiger partial charge >= 0.3 is 0 Å². The summed E-state index contributed by atoms with van der Waals surface area (Å²) in [5, 5.41) is 2.93. The minimum absolute atomic E-state index is 0.976. The zero-order chi connectivity index (χ0) is 9.10. The molecule has 0 N–H and O–H groups in total. The summed E-state index contributed by atoms with van der Waals surface area (Å²) in [5.74, 6) is 0. The van der Waals surface area contributed by atoms with Gasteiger partial charge in [-0.2, -0.15) is 0 Å². The normalized spacial score (nSPS) is 9.85. The summed E-state index contributed by atoms with van der Waals surface area (Å²) in [6, 6.07) is 10.7. The van der Waals surface area contributed by atoms with Crippen LogP contribution in [-0.2, 0) is 0 Å². The lowest BCUT2D eigenvalue weighted by Crippen LogP contribution is -1.83. The fraction of sp³-hybridized carbons (Fsp3) is 0. The van der Waals surface area contributed by atoms with Crippen molar-refractivity contribution >= 4 is 16.9 Å². The average Bonchev–Trinajstić information content (AvgIpc) is 2.71. The molecular formula is C11H8NS. The maximum absolute atomic E-state index is 4.20. The fourth-order valence-electron chi connectivity index (χ4n) is 1.08. The van der Waals surface area contributed by atoms with Crippen LogP contribution in [0.25, 0.3) is 5.57 Å². The molecule has 0 fully saturated rings. The number of hydrogen-bond donors (Lipinski definition) is 0. The molecule has 0 bridgehead atoms. The van der Waals surface area contributed by atoms with Crippen molar-refractivity contribution in [2.75, 3.05) is 0 Å². The van der Waals surface area contributed by atoms with Crippen molar-refractivity contribution in [2.45, 2.75) is 0 Å². The van der Waals surface area contributed by atoms with Crippen LogP contribution in [0.3, 0.4) is 0 Å². The van der Waals surface area contributed by atoms with Gasteiger partial charge in [-0.25, -0.2) is 4.98 Å². The van der Waals surface area contributed by atoms with E-state index in [0.717, 1.165) is 16.1 Å². The van der Waals surface area contributed by atoms with Crippen molar-refractivity contribution in [3.8, 4) is 0 Å².